The van der Waals surface area contributed by atoms with Gasteiger partial charge in [0.25, 0.3) is 5.92 Å². The van der Waals surface area contributed by atoms with Gasteiger partial charge in [0.15, 0.2) is 0 Å². The lowest BCUT2D eigenvalue weighted by Gasteiger charge is -2.48. The molecule has 2 aliphatic heterocycles. The monoisotopic (exact) mass is 414 g/mol. The molecule has 0 amide bonds. The van der Waals surface area contributed by atoms with Crippen molar-refractivity contribution in [3.63, 3.8) is 0 Å². The number of aromatic nitrogens is 2. The van der Waals surface area contributed by atoms with Crippen LogP contribution < -0.4 is 0 Å². The molecule has 160 valence electrons. The molecule has 4 rings (SSSR count). The smallest absolute Gasteiger partial charge is 0.297 e. The number of likely N-dealkylation sites (tertiary alicyclic amines) is 1. The predicted molar refractivity (Wildman–Crippen MR) is 109 cm³/mol. The van der Waals surface area contributed by atoms with Gasteiger partial charge in [0, 0.05) is 30.4 Å². The number of nitrogens with zero attached hydrogens (tertiary/aromatic N) is 4. The summed E-state index contributed by atoms with van der Waals surface area (Å²) in [5.41, 5.74) is 1.09. The Morgan fingerprint density at radius 2 is 2.07 bits per heavy atom. The largest absolute Gasteiger partial charge is 0.365 e. The molecule has 0 bridgehead atoms. The van der Waals surface area contributed by atoms with Crippen LogP contribution in [-0.2, 0) is 17.7 Å². The molecule has 2 aromatic rings. The molecule has 2 aliphatic rings. The van der Waals surface area contributed by atoms with Crippen molar-refractivity contribution >= 4 is 0 Å². The summed E-state index contributed by atoms with van der Waals surface area (Å²) in [5, 5.41) is 8.97. The van der Waals surface area contributed by atoms with Crippen molar-refractivity contribution in [2.75, 3.05) is 19.7 Å². The van der Waals surface area contributed by atoms with E-state index >= 15 is 0 Å². The third kappa shape index (κ3) is 3.99. The number of nitriles is 1. The van der Waals surface area contributed by atoms with Crippen molar-refractivity contribution in [3.05, 3.63) is 53.6 Å². The summed E-state index contributed by atoms with van der Waals surface area (Å²) in [7, 11) is 0. The standard InChI is InChI=1S/C23H28F2N4O/c1-17(2)29-12-10-27-20(29)14-28-11-9-22(15-28,21-23(24,25)16-30-21)8-7-18-3-5-19(13-26)6-4-18/h3-6,10,12,17,21H,7-9,11,14-16H2,1-2H3/t21?,22-/m1/s1. The van der Waals surface area contributed by atoms with Gasteiger partial charge < -0.3 is 9.30 Å². The van der Waals surface area contributed by atoms with Crippen LogP contribution in [0.15, 0.2) is 36.7 Å². The third-order valence-electron chi connectivity index (χ3n) is 6.51. The van der Waals surface area contributed by atoms with E-state index in [1.807, 2.05) is 18.3 Å². The Balaban J connectivity index is 1.49. The average molecular weight is 415 g/mol. The molecule has 2 fully saturated rings. The number of ether oxygens (including phenoxy) is 1. The first-order chi connectivity index (χ1) is 14.3. The topological polar surface area (TPSA) is 54.1 Å². The number of hydrogen-bond donors (Lipinski definition) is 0. The number of alkyl halides is 2. The Kier molecular flexibility index (Phi) is 5.65. The lowest BCUT2D eigenvalue weighted by molar-refractivity contribution is -0.301. The quantitative estimate of drug-likeness (QED) is 0.682. The highest BCUT2D eigenvalue weighted by molar-refractivity contribution is 5.31. The predicted octanol–water partition coefficient (Wildman–Crippen LogP) is 4.19. The molecule has 0 radical (unpaired) electrons. The number of rotatable bonds is 7. The van der Waals surface area contributed by atoms with Crippen LogP contribution in [0.5, 0.6) is 0 Å². The first-order valence-corrected chi connectivity index (χ1v) is 10.6. The van der Waals surface area contributed by atoms with Gasteiger partial charge in [-0.05, 0) is 57.4 Å². The SMILES string of the molecule is CC(C)n1ccnc1CN1CC[C@@](CCc2ccc(C#N)cc2)(C2OCC2(F)F)C1. The lowest BCUT2D eigenvalue weighted by Crippen LogP contribution is -2.61. The van der Waals surface area contributed by atoms with E-state index < -0.39 is 24.0 Å². The lowest BCUT2D eigenvalue weighted by atomic mass is 9.72. The fourth-order valence-electron chi connectivity index (χ4n) is 4.86. The molecule has 1 unspecified atom stereocenters. The molecule has 2 saturated heterocycles. The first kappa shape index (κ1) is 21.0. The van der Waals surface area contributed by atoms with Gasteiger partial charge >= 0.3 is 0 Å². The maximum Gasteiger partial charge on any atom is 0.297 e. The fraction of sp³-hybridized carbons (Fsp3) is 0.565. The summed E-state index contributed by atoms with van der Waals surface area (Å²) in [5.74, 6) is -1.80. The van der Waals surface area contributed by atoms with Gasteiger partial charge in [-0.2, -0.15) is 5.26 Å². The maximum absolute atomic E-state index is 14.4. The van der Waals surface area contributed by atoms with Gasteiger partial charge in [0.1, 0.15) is 18.5 Å². The van der Waals surface area contributed by atoms with Gasteiger partial charge in [-0.1, -0.05) is 12.1 Å². The van der Waals surface area contributed by atoms with Crippen LogP contribution in [0, 0.1) is 16.7 Å². The highest BCUT2D eigenvalue weighted by Gasteiger charge is 2.61. The molecule has 1 aromatic heterocycles. The van der Waals surface area contributed by atoms with E-state index in [9.17, 15) is 8.78 Å². The van der Waals surface area contributed by atoms with Crippen LogP contribution in [0.2, 0.25) is 0 Å². The second-order valence-corrected chi connectivity index (χ2v) is 8.93. The Morgan fingerprint density at radius 1 is 1.30 bits per heavy atom. The van der Waals surface area contributed by atoms with E-state index in [4.69, 9.17) is 10.00 Å². The van der Waals surface area contributed by atoms with E-state index in [0.29, 0.717) is 44.0 Å². The molecule has 2 atom stereocenters. The molecule has 1 aromatic carbocycles. The molecule has 7 heteroatoms. The molecule has 5 nitrogen and oxygen atoms in total. The summed E-state index contributed by atoms with van der Waals surface area (Å²) < 4.78 is 36.4. The molecule has 30 heavy (non-hydrogen) atoms. The molecular weight excluding hydrogens is 386 g/mol. The highest BCUT2D eigenvalue weighted by Crippen LogP contribution is 2.50. The van der Waals surface area contributed by atoms with Gasteiger partial charge in [0.05, 0.1) is 18.2 Å². The minimum atomic E-state index is -2.77. The van der Waals surface area contributed by atoms with Crippen LogP contribution in [0.1, 0.15) is 49.7 Å². The van der Waals surface area contributed by atoms with Crippen molar-refractivity contribution in [1.29, 1.82) is 5.26 Å². The Bertz CT molecular complexity index is 918. The summed E-state index contributed by atoms with van der Waals surface area (Å²) in [4.78, 5) is 6.72. The van der Waals surface area contributed by atoms with Crippen LogP contribution in [0.3, 0.4) is 0 Å². The minimum Gasteiger partial charge on any atom is -0.365 e. The number of hydrogen-bond acceptors (Lipinski definition) is 4. The van der Waals surface area contributed by atoms with Gasteiger partial charge in [-0.3, -0.25) is 4.90 Å². The van der Waals surface area contributed by atoms with E-state index in [0.717, 1.165) is 17.9 Å². The van der Waals surface area contributed by atoms with Gasteiger partial charge in [-0.15, -0.1) is 0 Å². The van der Waals surface area contributed by atoms with Crippen LogP contribution in [0.4, 0.5) is 8.78 Å². The second kappa shape index (κ2) is 8.09. The Hall–Kier alpha value is -2.30. The van der Waals surface area contributed by atoms with Crippen molar-refractivity contribution in [1.82, 2.24) is 14.5 Å². The van der Waals surface area contributed by atoms with Gasteiger partial charge in [-0.25, -0.2) is 13.8 Å². The molecular formula is C23H28F2N4O. The van der Waals surface area contributed by atoms with Crippen molar-refractivity contribution in [2.45, 2.75) is 57.7 Å². The normalized spacial score (nSPS) is 25.9. The van der Waals surface area contributed by atoms with Crippen molar-refractivity contribution < 1.29 is 13.5 Å². The van der Waals surface area contributed by atoms with Crippen LogP contribution >= 0.6 is 0 Å². The van der Waals surface area contributed by atoms with E-state index in [1.54, 1.807) is 18.3 Å². The zero-order valence-corrected chi connectivity index (χ0v) is 17.5. The van der Waals surface area contributed by atoms with Gasteiger partial charge in [0.2, 0.25) is 0 Å². The van der Waals surface area contributed by atoms with Crippen LogP contribution in [-0.4, -0.2) is 46.2 Å². The van der Waals surface area contributed by atoms with E-state index in [-0.39, 0.29) is 0 Å². The Morgan fingerprint density at radius 3 is 2.67 bits per heavy atom. The first-order valence-electron chi connectivity index (χ1n) is 10.6. The number of benzene rings is 1. The van der Waals surface area contributed by atoms with Crippen LogP contribution in [0.25, 0.3) is 0 Å². The summed E-state index contributed by atoms with van der Waals surface area (Å²) in [6, 6.07) is 9.81. The highest BCUT2D eigenvalue weighted by atomic mass is 19.3. The molecule has 0 spiro atoms. The van der Waals surface area contributed by atoms with Crippen molar-refractivity contribution in [3.8, 4) is 6.07 Å². The molecule has 0 N–H and O–H groups in total. The second-order valence-electron chi connectivity index (χ2n) is 8.93. The fourth-order valence-corrected chi connectivity index (χ4v) is 4.86. The molecule has 3 heterocycles. The number of imidazole rings is 1. The minimum absolute atomic E-state index is 0.311. The zero-order valence-electron chi connectivity index (χ0n) is 17.5. The molecule has 0 aliphatic carbocycles. The maximum atomic E-state index is 14.4. The summed E-state index contributed by atoms with van der Waals surface area (Å²) in [6.45, 7) is 5.73. The van der Waals surface area contributed by atoms with E-state index in [2.05, 4.69) is 34.4 Å². The van der Waals surface area contributed by atoms with Crippen molar-refractivity contribution in [2.24, 2.45) is 5.41 Å². The third-order valence-corrected chi connectivity index (χ3v) is 6.51. The Labute approximate surface area is 176 Å². The average Bonchev–Trinajstić information content (AvgIpc) is 3.34. The van der Waals surface area contributed by atoms with E-state index in [1.165, 1.54) is 0 Å². The zero-order chi connectivity index (χ0) is 21.4. The number of halogens is 2. The summed E-state index contributed by atoms with van der Waals surface area (Å²) in [6.07, 6.45) is 4.75. The summed E-state index contributed by atoms with van der Waals surface area (Å²) >= 11 is 0. The number of aryl methyl sites for hydroxylation is 1. The molecule has 0 saturated carbocycles.